The minimum absolute atomic E-state index is 0.00354. The summed E-state index contributed by atoms with van der Waals surface area (Å²) in [5.41, 5.74) is 1.20. The van der Waals surface area contributed by atoms with Crippen LogP contribution in [0.25, 0.3) is 10.2 Å². The van der Waals surface area contributed by atoms with Crippen LogP contribution in [0.3, 0.4) is 0 Å². The van der Waals surface area contributed by atoms with Gasteiger partial charge in [0.2, 0.25) is 5.91 Å². The molecule has 0 unspecified atom stereocenters. The van der Waals surface area contributed by atoms with Crippen LogP contribution in [0, 0.1) is 0 Å². The minimum atomic E-state index is 0.00354. The molecule has 0 bridgehead atoms. The molecule has 0 aliphatic heterocycles. The zero-order chi connectivity index (χ0) is 20.4. The number of thiophene rings is 1. The lowest BCUT2D eigenvalue weighted by molar-refractivity contribution is -0.131. The second-order valence-electron chi connectivity index (χ2n) is 7.77. The summed E-state index contributed by atoms with van der Waals surface area (Å²) in [6, 6.07) is 0.283. The van der Waals surface area contributed by atoms with Crippen LogP contribution in [-0.2, 0) is 24.2 Å². The number of carbonyl (C=O) groups is 1. The van der Waals surface area contributed by atoms with Gasteiger partial charge in [-0.25, -0.2) is 4.98 Å². The Morgan fingerprint density at radius 1 is 1.29 bits per heavy atom. The first-order valence-corrected chi connectivity index (χ1v) is 11.7. The maximum absolute atomic E-state index is 13.2. The van der Waals surface area contributed by atoms with Crippen LogP contribution in [0.1, 0.15) is 51.0 Å². The zero-order valence-corrected chi connectivity index (χ0v) is 18.8. The lowest BCUT2D eigenvalue weighted by Gasteiger charge is -2.30. The van der Waals surface area contributed by atoms with Crippen LogP contribution < -0.4 is 5.56 Å². The molecule has 0 spiro atoms. The molecule has 152 valence electrons. The SMILES string of the molecule is C=CCn1c(SCC(=O)N(C(C)C)C(C)C)nc2sc3c(c2c1=O)CCCC3. The minimum Gasteiger partial charge on any atom is -0.337 e. The first-order chi connectivity index (χ1) is 13.3. The Hall–Kier alpha value is -1.60. The predicted molar refractivity (Wildman–Crippen MR) is 119 cm³/mol. The molecule has 5 nitrogen and oxygen atoms in total. The summed E-state index contributed by atoms with van der Waals surface area (Å²) in [7, 11) is 0. The van der Waals surface area contributed by atoms with Gasteiger partial charge in [-0.1, -0.05) is 17.8 Å². The van der Waals surface area contributed by atoms with Gasteiger partial charge in [0.05, 0.1) is 11.1 Å². The number of rotatable bonds is 7. The van der Waals surface area contributed by atoms with Crippen molar-refractivity contribution in [3.63, 3.8) is 0 Å². The molecule has 0 atom stereocenters. The van der Waals surface area contributed by atoms with Gasteiger partial charge in [0.1, 0.15) is 4.83 Å². The molecule has 7 heteroatoms. The summed E-state index contributed by atoms with van der Waals surface area (Å²) in [6.07, 6.45) is 6.02. The van der Waals surface area contributed by atoms with E-state index in [1.807, 2.05) is 32.6 Å². The lowest BCUT2D eigenvalue weighted by Crippen LogP contribution is -2.43. The fourth-order valence-corrected chi connectivity index (χ4v) is 6.17. The Kier molecular flexibility index (Phi) is 6.65. The van der Waals surface area contributed by atoms with Gasteiger partial charge in [0.25, 0.3) is 5.56 Å². The van der Waals surface area contributed by atoms with Crippen LogP contribution in [0.5, 0.6) is 0 Å². The van der Waals surface area contributed by atoms with E-state index in [2.05, 4.69) is 6.58 Å². The number of fused-ring (bicyclic) bond motifs is 3. The van der Waals surface area contributed by atoms with Gasteiger partial charge in [0, 0.05) is 23.5 Å². The van der Waals surface area contributed by atoms with E-state index in [-0.39, 0.29) is 29.3 Å². The number of thioether (sulfide) groups is 1. The lowest BCUT2D eigenvalue weighted by atomic mass is 9.97. The van der Waals surface area contributed by atoms with Crippen molar-refractivity contribution < 1.29 is 4.79 Å². The average Bonchev–Trinajstić information content (AvgIpc) is 3.00. The molecule has 0 aromatic carbocycles. The second kappa shape index (κ2) is 8.82. The van der Waals surface area contributed by atoms with Gasteiger partial charge in [-0.15, -0.1) is 17.9 Å². The van der Waals surface area contributed by atoms with Crippen molar-refractivity contribution in [2.75, 3.05) is 5.75 Å². The molecular formula is C21H29N3O2S2. The quantitative estimate of drug-likeness (QED) is 0.382. The third-order valence-electron chi connectivity index (χ3n) is 5.08. The molecule has 0 saturated heterocycles. The number of carbonyl (C=O) groups excluding carboxylic acids is 1. The van der Waals surface area contributed by atoms with E-state index < -0.39 is 0 Å². The second-order valence-corrected chi connectivity index (χ2v) is 9.79. The van der Waals surface area contributed by atoms with E-state index >= 15 is 0 Å². The number of aromatic nitrogens is 2. The maximum Gasteiger partial charge on any atom is 0.263 e. The van der Waals surface area contributed by atoms with Crippen LogP contribution in [0.15, 0.2) is 22.6 Å². The predicted octanol–water partition coefficient (Wildman–Crippen LogP) is 4.26. The van der Waals surface area contributed by atoms with Crippen molar-refractivity contribution in [2.24, 2.45) is 0 Å². The highest BCUT2D eigenvalue weighted by atomic mass is 32.2. The average molecular weight is 420 g/mol. The standard InChI is InChI=1S/C21H29N3O2S2/c1-6-11-23-20(26)18-15-9-7-8-10-16(15)28-19(18)22-21(23)27-12-17(25)24(13(2)3)14(4)5/h6,13-14H,1,7-12H2,2-5H3. The molecule has 28 heavy (non-hydrogen) atoms. The molecule has 2 aromatic rings. The van der Waals surface area contributed by atoms with E-state index in [1.54, 1.807) is 22.0 Å². The topological polar surface area (TPSA) is 55.2 Å². The van der Waals surface area contributed by atoms with E-state index in [1.165, 1.54) is 28.6 Å². The van der Waals surface area contributed by atoms with Gasteiger partial charge >= 0.3 is 0 Å². The number of aryl methyl sites for hydroxylation is 2. The summed E-state index contributed by atoms with van der Waals surface area (Å²) < 4.78 is 1.67. The van der Waals surface area contributed by atoms with E-state index in [0.717, 1.165) is 29.5 Å². The smallest absolute Gasteiger partial charge is 0.263 e. The van der Waals surface area contributed by atoms with Gasteiger partial charge < -0.3 is 4.90 Å². The van der Waals surface area contributed by atoms with Crippen LogP contribution in [0.2, 0.25) is 0 Å². The summed E-state index contributed by atoms with van der Waals surface area (Å²) in [4.78, 5) is 34.8. The van der Waals surface area contributed by atoms with Gasteiger partial charge in [-0.3, -0.25) is 14.2 Å². The summed E-state index contributed by atoms with van der Waals surface area (Å²) in [6.45, 7) is 12.3. The Morgan fingerprint density at radius 2 is 1.96 bits per heavy atom. The fraction of sp³-hybridized carbons (Fsp3) is 0.571. The molecular weight excluding hydrogens is 390 g/mol. The fourth-order valence-electron chi connectivity index (χ4n) is 3.99. The number of allylic oxidation sites excluding steroid dienone is 1. The third kappa shape index (κ3) is 4.06. The Morgan fingerprint density at radius 3 is 2.61 bits per heavy atom. The molecule has 0 saturated carbocycles. The highest BCUT2D eigenvalue weighted by Gasteiger charge is 2.24. The normalized spacial score (nSPS) is 13.9. The highest BCUT2D eigenvalue weighted by Crippen LogP contribution is 2.34. The van der Waals surface area contributed by atoms with Crippen LogP contribution in [0.4, 0.5) is 0 Å². The third-order valence-corrected chi connectivity index (χ3v) is 7.22. The molecule has 0 N–H and O–H groups in total. The molecule has 1 aliphatic rings. The number of nitrogens with zero attached hydrogens (tertiary/aromatic N) is 3. The Labute approximate surface area is 174 Å². The molecule has 3 rings (SSSR count). The zero-order valence-electron chi connectivity index (χ0n) is 17.2. The van der Waals surface area contributed by atoms with Crippen molar-refractivity contribution in [1.29, 1.82) is 0 Å². The highest BCUT2D eigenvalue weighted by molar-refractivity contribution is 7.99. The number of hydrogen-bond acceptors (Lipinski definition) is 5. The number of amides is 1. The number of hydrogen-bond donors (Lipinski definition) is 0. The van der Waals surface area contributed by atoms with Gasteiger partial charge in [0.15, 0.2) is 5.16 Å². The molecule has 1 aliphatic carbocycles. The van der Waals surface area contributed by atoms with Crippen molar-refractivity contribution in [3.05, 3.63) is 33.4 Å². The molecule has 2 aromatic heterocycles. The van der Waals surface area contributed by atoms with E-state index in [0.29, 0.717) is 11.7 Å². The van der Waals surface area contributed by atoms with Crippen molar-refractivity contribution in [1.82, 2.24) is 14.5 Å². The van der Waals surface area contributed by atoms with Gasteiger partial charge in [-0.2, -0.15) is 0 Å². The first-order valence-electron chi connectivity index (χ1n) is 9.95. The maximum atomic E-state index is 13.2. The summed E-state index contributed by atoms with van der Waals surface area (Å²) >= 11 is 3.00. The molecule has 0 radical (unpaired) electrons. The van der Waals surface area contributed by atoms with Crippen molar-refractivity contribution >= 4 is 39.2 Å². The van der Waals surface area contributed by atoms with Gasteiger partial charge in [-0.05, 0) is 58.9 Å². The molecule has 1 amide bonds. The van der Waals surface area contributed by atoms with E-state index in [4.69, 9.17) is 4.98 Å². The van der Waals surface area contributed by atoms with Crippen LogP contribution >= 0.6 is 23.1 Å². The Balaban J connectivity index is 1.96. The molecule has 0 fully saturated rings. The summed E-state index contributed by atoms with van der Waals surface area (Å²) in [5, 5.41) is 1.39. The largest absolute Gasteiger partial charge is 0.337 e. The summed E-state index contributed by atoms with van der Waals surface area (Å²) in [5.74, 6) is 0.344. The van der Waals surface area contributed by atoms with Crippen LogP contribution in [-0.4, -0.2) is 38.2 Å². The first kappa shape index (κ1) is 21.1. The molecule has 2 heterocycles. The Bertz CT molecular complexity index is 935. The van der Waals surface area contributed by atoms with Crippen molar-refractivity contribution in [3.8, 4) is 0 Å². The van der Waals surface area contributed by atoms with Crippen molar-refractivity contribution in [2.45, 2.75) is 77.2 Å². The van der Waals surface area contributed by atoms with E-state index in [9.17, 15) is 9.59 Å². The monoisotopic (exact) mass is 419 g/mol.